The van der Waals surface area contributed by atoms with Crippen molar-refractivity contribution in [3.63, 3.8) is 0 Å². The summed E-state index contributed by atoms with van der Waals surface area (Å²) < 4.78 is 0. The average molecular weight is 97.2 g/mol. The van der Waals surface area contributed by atoms with E-state index in [-0.39, 0.29) is 0 Å². The van der Waals surface area contributed by atoms with Crippen molar-refractivity contribution in [3.8, 4) is 0 Å². The zero-order valence-corrected chi connectivity index (χ0v) is 4.56. The Morgan fingerprint density at radius 2 is 2.29 bits per heavy atom. The molecule has 0 radical (unpaired) electrons. The molecule has 2 rings (SSSR count). The lowest BCUT2D eigenvalue weighted by Crippen LogP contribution is -2.09. The summed E-state index contributed by atoms with van der Waals surface area (Å²) in [6.45, 7) is 2.81. The number of piperidine rings is 1. The molecule has 1 unspecified atom stereocenters. The highest BCUT2D eigenvalue weighted by molar-refractivity contribution is 4.91. The average Bonchev–Trinajstić information content (AvgIpc) is 2.41. The Hall–Kier alpha value is -0.0400. The van der Waals surface area contributed by atoms with Gasteiger partial charge in [0.25, 0.3) is 0 Å². The molecular weight excluding hydrogens is 86.1 g/mol. The summed E-state index contributed by atoms with van der Waals surface area (Å²) in [6, 6.07) is 1.04. The van der Waals surface area contributed by atoms with Crippen molar-refractivity contribution in [3.05, 3.63) is 0 Å². The van der Waals surface area contributed by atoms with Gasteiger partial charge in [0, 0.05) is 12.6 Å². The van der Waals surface area contributed by atoms with Crippen LogP contribution in [0.1, 0.15) is 19.3 Å². The molecule has 40 valence electrons. The molecule has 0 aromatic rings. The van der Waals surface area contributed by atoms with Crippen molar-refractivity contribution in [1.82, 2.24) is 4.90 Å². The van der Waals surface area contributed by atoms with E-state index in [9.17, 15) is 0 Å². The molecule has 0 amide bonds. The first-order chi connectivity index (χ1) is 3.47. The van der Waals surface area contributed by atoms with E-state index in [1.165, 1.54) is 32.4 Å². The second-order valence-electron chi connectivity index (χ2n) is 2.64. The molecule has 2 aliphatic heterocycles. The number of hydrogen-bond acceptors (Lipinski definition) is 1. The summed E-state index contributed by atoms with van der Waals surface area (Å²) in [5, 5.41) is 0. The van der Waals surface area contributed by atoms with E-state index in [0.717, 1.165) is 6.04 Å². The van der Waals surface area contributed by atoms with Crippen LogP contribution in [-0.2, 0) is 0 Å². The van der Waals surface area contributed by atoms with Crippen molar-refractivity contribution in [2.45, 2.75) is 25.3 Å². The minimum absolute atomic E-state index is 1.04. The molecule has 0 aliphatic carbocycles. The van der Waals surface area contributed by atoms with Crippen molar-refractivity contribution in [2.75, 3.05) is 13.1 Å². The molecule has 0 aromatic carbocycles. The second-order valence-corrected chi connectivity index (χ2v) is 2.64. The van der Waals surface area contributed by atoms with E-state index < -0.39 is 0 Å². The number of fused-ring (bicyclic) bond motifs is 1. The van der Waals surface area contributed by atoms with Crippen molar-refractivity contribution in [1.29, 1.82) is 0 Å². The van der Waals surface area contributed by atoms with Crippen LogP contribution in [0.25, 0.3) is 0 Å². The van der Waals surface area contributed by atoms with E-state index in [0.29, 0.717) is 0 Å². The van der Waals surface area contributed by atoms with Gasteiger partial charge < -0.3 is 0 Å². The molecule has 0 bridgehead atoms. The van der Waals surface area contributed by atoms with Gasteiger partial charge in [-0.25, -0.2) is 0 Å². The normalized spacial score (nSPS) is 48.0. The van der Waals surface area contributed by atoms with Gasteiger partial charge in [-0.1, -0.05) is 6.42 Å². The van der Waals surface area contributed by atoms with Crippen LogP contribution >= 0.6 is 0 Å². The van der Waals surface area contributed by atoms with Crippen molar-refractivity contribution >= 4 is 0 Å². The monoisotopic (exact) mass is 97.1 g/mol. The molecule has 2 aliphatic rings. The van der Waals surface area contributed by atoms with E-state index in [2.05, 4.69) is 4.90 Å². The molecule has 2 saturated heterocycles. The predicted octanol–water partition coefficient (Wildman–Crippen LogP) is 0.855. The third kappa shape index (κ3) is 0.556. The van der Waals surface area contributed by atoms with Crippen LogP contribution in [0.4, 0.5) is 0 Å². The second kappa shape index (κ2) is 1.22. The Morgan fingerprint density at radius 1 is 1.29 bits per heavy atom. The highest BCUT2D eigenvalue weighted by Gasteiger charge is 2.34. The lowest BCUT2D eigenvalue weighted by atomic mass is 10.1. The van der Waals surface area contributed by atoms with Crippen LogP contribution in [-0.4, -0.2) is 24.0 Å². The summed E-state index contributed by atoms with van der Waals surface area (Å²) in [5.74, 6) is 0. The molecule has 2 heterocycles. The maximum Gasteiger partial charge on any atom is 0.0223 e. The molecule has 2 atom stereocenters. The maximum atomic E-state index is 2.56. The molecule has 0 spiro atoms. The van der Waals surface area contributed by atoms with Gasteiger partial charge in [0.2, 0.25) is 0 Å². The first-order valence-corrected chi connectivity index (χ1v) is 3.21. The topological polar surface area (TPSA) is 3.01 Å². The van der Waals surface area contributed by atoms with Crippen molar-refractivity contribution < 1.29 is 0 Å². The fourth-order valence-corrected chi connectivity index (χ4v) is 1.47. The Bertz CT molecular complexity index is 70.2. The van der Waals surface area contributed by atoms with E-state index in [4.69, 9.17) is 0 Å². The summed E-state index contributed by atoms with van der Waals surface area (Å²) in [4.78, 5) is 2.56. The van der Waals surface area contributed by atoms with E-state index in [1.807, 2.05) is 0 Å². The van der Waals surface area contributed by atoms with Crippen LogP contribution < -0.4 is 0 Å². The molecule has 0 aromatic heterocycles. The predicted molar refractivity (Wildman–Crippen MR) is 29.2 cm³/mol. The fraction of sp³-hybridized carbons (Fsp3) is 1.00. The van der Waals surface area contributed by atoms with Gasteiger partial charge in [0.05, 0.1) is 0 Å². The minimum Gasteiger partial charge on any atom is -0.298 e. The van der Waals surface area contributed by atoms with Gasteiger partial charge in [-0.3, -0.25) is 4.90 Å². The van der Waals surface area contributed by atoms with E-state index in [1.54, 1.807) is 0 Å². The first-order valence-electron chi connectivity index (χ1n) is 3.21. The lowest BCUT2D eigenvalue weighted by molar-refractivity contribution is 0.410. The Kier molecular flexibility index (Phi) is 0.680. The van der Waals surface area contributed by atoms with Gasteiger partial charge in [0.15, 0.2) is 0 Å². The van der Waals surface area contributed by atoms with Crippen LogP contribution in [0, 0.1) is 0 Å². The quantitative estimate of drug-likeness (QED) is 0.405. The molecule has 7 heavy (non-hydrogen) atoms. The van der Waals surface area contributed by atoms with Gasteiger partial charge in [-0.2, -0.15) is 0 Å². The van der Waals surface area contributed by atoms with Gasteiger partial charge in [0.1, 0.15) is 0 Å². The summed E-state index contributed by atoms with van der Waals surface area (Å²) >= 11 is 0. The zero-order valence-electron chi connectivity index (χ0n) is 4.56. The third-order valence-corrected chi connectivity index (χ3v) is 2.06. The molecule has 2 fully saturated rings. The smallest absolute Gasteiger partial charge is 0.0223 e. The standard InChI is InChI=1S/C6H11N/c1-2-4-7-5-6(7)3-1/h6H,1-5H2/t6-,7?/m1/s1. The lowest BCUT2D eigenvalue weighted by Gasteiger charge is -2.07. The van der Waals surface area contributed by atoms with Gasteiger partial charge in [-0.05, 0) is 19.4 Å². The van der Waals surface area contributed by atoms with E-state index >= 15 is 0 Å². The van der Waals surface area contributed by atoms with Crippen LogP contribution in [0.15, 0.2) is 0 Å². The van der Waals surface area contributed by atoms with Gasteiger partial charge in [-0.15, -0.1) is 0 Å². The number of rotatable bonds is 0. The first kappa shape index (κ1) is 3.90. The SMILES string of the molecule is C1CCN2C[C@H]2C1. The molecule has 1 nitrogen and oxygen atoms in total. The fourth-order valence-electron chi connectivity index (χ4n) is 1.47. The van der Waals surface area contributed by atoms with Crippen LogP contribution in [0.5, 0.6) is 0 Å². The Balaban J connectivity index is 1.95. The number of nitrogens with zero attached hydrogens (tertiary/aromatic N) is 1. The van der Waals surface area contributed by atoms with Crippen molar-refractivity contribution in [2.24, 2.45) is 0 Å². The zero-order chi connectivity index (χ0) is 4.69. The summed E-state index contributed by atoms with van der Waals surface area (Å²) in [5.41, 5.74) is 0. The minimum atomic E-state index is 1.04. The summed E-state index contributed by atoms with van der Waals surface area (Å²) in [6.07, 6.45) is 4.43. The molecular formula is C6H11N. The molecule has 1 heteroatoms. The highest BCUT2D eigenvalue weighted by atomic mass is 15.3. The maximum absolute atomic E-state index is 2.56. The highest BCUT2D eigenvalue weighted by Crippen LogP contribution is 2.27. The summed E-state index contributed by atoms with van der Waals surface area (Å²) in [7, 11) is 0. The van der Waals surface area contributed by atoms with Gasteiger partial charge >= 0.3 is 0 Å². The molecule has 0 saturated carbocycles. The van der Waals surface area contributed by atoms with Crippen LogP contribution in [0.2, 0.25) is 0 Å². The molecule has 0 N–H and O–H groups in total. The number of hydrogen-bond donors (Lipinski definition) is 0. The third-order valence-electron chi connectivity index (χ3n) is 2.06. The Labute approximate surface area is 44.3 Å². The Morgan fingerprint density at radius 3 is 2.86 bits per heavy atom. The largest absolute Gasteiger partial charge is 0.298 e. The van der Waals surface area contributed by atoms with Crippen LogP contribution in [0.3, 0.4) is 0 Å².